The van der Waals surface area contributed by atoms with E-state index in [2.05, 4.69) is 0 Å². The lowest BCUT2D eigenvalue weighted by Gasteiger charge is -1.92. The Labute approximate surface area is 70.1 Å². The van der Waals surface area contributed by atoms with Crippen LogP contribution in [0.25, 0.3) is 11.3 Å². The Morgan fingerprint density at radius 1 is 1.08 bits per heavy atom. The molecule has 1 aromatic heterocycles. The van der Waals surface area contributed by atoms with Crippen LogP contribution in [0.15, 0.2) is 47.1 Å². The summed E-state index contributed by atoms with van der Waals surface area (Å²) in [4.78, 5) is 0. The van der Waals surface area contributed by atoms with Crippen LogP contribution in [0.2, 0.25) is 0 Å². The zero-order valence-electron chi connectivity index (χ0n) is 6.40. The van der Waals surface area contributed by atoms with E-state index in [-0.39, 0.29) is 5.75 Å². The first-order valence-corrected chi connectivity index (χ1v) is 3.69. The molecule has 0 bridgehead atoms. The molecule has 0 atom stereocenters. The van der Waals surface area contributed by atoms with Crippen molar-refractivity contribution in [3.05, 3.63) is 42.7 Å². The molecule has 1 aromatic carbocycles. The van der Waals surface area contributed by atoms with Gasteiger partial charge in [-0.15, -0.1) is 0 Å². The fourth-order valence-electron chi connectivity index (χ4n) is 1.08. The lowest BCUT2D eigenvalue weighted by atomic mass is 10.2. The Bertz CT molecular complexity index is 362. The number of benzene rings is 1. The maximum absolute atomic E-state index is 9.02. The third kappa shape index (κ3) is 1.19. The molecule has 0 unspecified atom stereocenters. The van der Waals surface area contributed by atoms with E-state index in [1.807, 2.05) is 30.3 Å². The van der Waals surface area contributed by atoms with Gasteiger partial charge in [-0.2, -0.15) is 0 Å². The fourth-order valence-corrected chi connectivity index (χ4v) is 1.08. The number of aromatic hydroxyl groups is 1. The van der Waals surface area contributed by atoms with Crippen molar-refractivity contribution in [2.24, 2.45) is 0 Å². The number of rotatable bonds is 1. The standard InChI is InChI=1S/C10H8O2/c11-9-6-10(12-7-9)8-4-2-1-3-5-8/h1-7,11H. The summed E-state index contributed by atoms with van der Waals surface area (Å²) in [5.74, 6) is 0.849. The van der Waals surface area contributed by atoms with E-state index < -0.39 is 0 Å². The smallest absolute Gasteiger partial charge is 0.154 e. The molecule has 2 heteroatoms. The summed E-state index contributed by atoms with van der Waals surface area (Å²) in [7, 11) is 0. The van der Waals surface area contributed by atoms with Crippen LogP contribution in [0.1, 0.15) is 0 Å². The molecule has 0 saturated heterocycles. The molecule has 0 spiro atoms. The third-order valence-corrected chi connectivity index (χ3v) is 1.64. The van der Waals surface area contributed by atoms with Crippen molar-refractivity contribution in [3.8, 4) is 17.1 Å². The third-order valence-electron chi connectivity index (χ3n) is 1.64. The monoisotopic (exact) mass is 160 g/mol. The summed E-state index contributed by atoms with van der Waals surface area (Å²) < 4.78 is 5.10. The van der Waals surface area contributed by atoms with Gasteiger partial charge in [0, 0.05) is 11.6 Å². The normalized spacial score (nSPS) is 10.0. The minimum absolute atomic E-state index is 0.161. The molecule has 0 aliphatic heterocycles. The molecule has 0 fully saturated rings. The molecule has 0 aliphatic rings. The molecule has 12 heavy (non-hydrogen) atoms. The predicted octanol–water partition coefficient (Wildman–Crippen LogP) is 2.65. The molecule has 0 amide bonds. The van der Waals surface area contributed by atoms with Gasteiger partial charge in [-0.25, -0.2) is 0 Å². The van der Waals surface area contributed by atoms with Gasteiger partial charge in [0.05, 0.1) is 0 Å². The zero-order chi connectivity index (χ0) is 8.39. The molecular weight excluding hydrogens is 152 g/mol. The Morgan fingerprint density at radius 3 is 2.42 bits per heavy atom. The maximum Gasteiger partial charge on any atom is 0.154 e. The van der Waals surface area contributed by atoms with Gasteiger partial charge in [-0.3, -0.25) is 0 Å². The minimum Gasteiger partial charge on any atom is -0.505 e. The van der Waals surface area contributed by atoms with Gasteiger partial charge in [-0.05, 0) is 0 Å². The lowest BCUT2D eigenvalue weighted by molar-refractivity contribution is 0.459. The second-order valence-electron chi connectivity index (χ2n) is 2.54. The van der Waals surface area contributed by atoms with Crippen LogP contribution in [-0.2, 0) is 0 Å². The largest absolute Gasteiger partial charge is 0.505 e. The van der Waals surface area contributed by atoms with Crippen LogP contribution in [-0.4, -0.2) is 5.11 Å². The average molecular weight is 160 g/mol. The topological polar surface area (TPSA) is 33.4 Å². The highest BCUT2D eigenvalue weighted by molar-refractivity contribution is 5.58. The molecule has 0 saturated carbocycles. The van der Waals surface area contributed by atoms with Gasteiger partial charge >= 0.3 is 0 Å². The summed E-state index contributed by atoms with van der Waals surface area (Å²) in [5.41, 5.74) is 0.970. The van der Waals surface area contributed by atoms with Gasteiger partial charge in [-0.1, -0.05) is 30.3 Å². The first-order valence-electron chi connectivity index (χ1n) is 3.69. The Balaban J connectivity index is 2.45. The van der Waals surface area contributed by atoms with Crippen molar-refractivity contribution >= 4 is 0 Å². The van der Waals surface area contributed by atoms with Crippen LogP contribution < -0.4 is 0 Å². The first kappa shape index (κ1) is 6.98. The van der Waals surface area contributed by atoms with Crippen LogP contribution in [0, 0.1) is 0 Å². The van der Waals surface area contributed by atoms with Gasteiger partial charge in [0.15, 0.2) is 5.75 Å². The SMILES string of the molecule is Oc1coc(-c2ccccc2)c1. The highest BCUT2D eigenvalue weighted by Crippen LogP contribution is 2.24. The first-order chi connectivity index (χ1) is 5.86. The van der Waals surface area contributed by atoms with E-state index >= 15 is 0 Å². The van der Waals surface area contributed by atoms with Gasteiger partial charge < -0.3 is 9.52 Å². The van der Waals surface area contributed by atoms with E-state index in [1.54, 1.807) is 6.07 Å². The molecule has 2 nitrogen and oxygen atoms in total. The van der Waals surface area contributed by atoms with Crippen molar-refractivity contribution in [3.63, 3.8) is 0 Å². The summed E-state index contributed by atoms with van der Waals surface area (Å²) in [6, 6.07) is 11.2. The van der Waals surface area contributed by atoms with Gasteiger partial charge in [0.1, 0.15) is 12.0 Å². The Hall–Kier alpha value is -1.70. The summed E-state index contributed by atoms with van der Waals surface area (Å²) in [6.45, 7) is 0. The average Bonchev–Trinajstić information content (AvgIpc) is 2.54. The highest BCUT2D eigenvalue weighted by Gasteiger charge is 2.01. The minimum atomic E-state index is 0.161. The van der Waals surface area contributed by atoms with Crippen LogP contribution in [0.3, 0.4) is 0 Å². The van der Waals surface area contributed by atoms with Crippen LogP contribution in [0.5, 0.6) is 5.75 Å². The van der Waals surface area contributed by atoms with Crippen molar-refractivity contribution in [1.82, 2.24) is 0 Å². The van der Waals surface area contributed by atoms with E-state index in [0.29, 0.717) is 5.76 Å². The molecule has 0 aliphatic carbocycles. The highest BCUT2D eigenvalue weighted by atomic mass is 16.4. The second-order valence-corrected chi connectivity index (χ2v) is 2.54. The van der Waals surface area contributed by atoms with Crippen LogP contribution in [0.4, 0.5) is 0 Å². The number of hydrogen-bond acceptors (Lipinski definition) is 2. The van der Waals surface area contributed by atoms with E-state index in [4.69, 9.17) is 9.52 Å². The zero-order valence-corrected chi connectivity index (χ0v) is 6.40. The molecule has 1 heterocycles. The van der Waals surface area contributed by atoms with Crippen LogP contribution >= 0.6 is 0 Å². The molecule has 1 N–H and O–H groups in total. The van der Waals surface area contributed by atoms with Crippen molar-refractivity contribution < 1.29 is 9.52 Å². The fraction of sp³-hybridized carbons (Fsp3) is 0. The van der Waals surface area contributed by atoms with E-state index in [9.17, 15) is 0 Å². The number of hydrogen-bond donors (Lipinski definition) is 1. The molecule has 2 aromatic rings. The predicted molar refractivity (Wildman–Crippen MR) is 45.8 cm³/mol. The molecule has 2 rings (SSSR count). The summed E-state index contributed by atoms with van der Waals surface area (Å²) >= 11 is 0. The summed E-state index contributed by atoms with van der Waals surface area (Å²) in [5, 5.41) is 9.02. The second kappa shape index (κ2) is 2.74. The van der Waals surface area contributed by atoms with Crippen molar-refractivity contribution in [2.75, 3.05) is 0 Å². The van der Waals surface area contributed by atoms with Gasteiger partial charge in [0.25, 0.3) is 0 Å². The quantitative estimate of drug-likeness (QED) is 0.695. The molecule has 0 radical (unpaired) electrons. The number of furan rings is 1. The van der Waals surface area contributed by atoms with Crippen molar-refractivity contribution in [2.45, 2.75) is 0 Å². The Morgan fingerprint density at radius 2 is 1.83 bits per heavy atom. The molecular formula is C10H8O2. The lowest BCUT2D eigenvalue weighted by Crippen LogP contribution is -1.69. The van der Waals surface area contributed by atoms with Crippen molar-refractivity contribution in [1.29, 1.82) is 0 Å². The molecule has 60 valence electrons. The van der Waals surface area contributed by atoms with E-state index in [1.165, 1.54) is 6.26 Å². The van der Waals surface area contributed by atoms with E-state index in [0.717, 1.165) is 5.56 Å². The van der Waals surface area contributed by atoms with Gasteiger partial charge in [0.2, 0.25) is 0 Å². The maximum atomic E-state index is 9.02. The Kier molecular flexibility index (Phi) is 1.59. The summed E-state index contributed by atoms with van der Waals surface area (Å²) in [6.07, 6.45) is 1.32.